The molecule has 2 aliphatic heterocycles. The third kappa shape index (κ3) is 2.08. The fourth-order valence-corrected chi connectivity index (χ4v) is 2.67. The molecule has 0 N–H and O–H groups in total. The Labute approximate surface area is 108 Å². The van der Waals surface area contributed by atoms with Crippen LogP contribution < -0.4 is 0 Å². The number of hydrogen-bond donors (Lipinski definition) is 0. The summed E-state index contributed by atoms with van der Waals surface area (Å²) in [5.74, 6) is 0. The second-order valence-corrected chi connectivity index (χ2v) is 5.20. The van der Waals surface area contributed by atoms with Gasteiger partial charge in [0, 0.05) is 39.3 Å². The third-order valence-corrected chi connectivity index (χ3v) is 3.89. The molecule has 0 bridgehead atoms. The van der Waals surface area contributed by atoms with Crippen molar-refractivity contribution in [3.05, 3.63) is 35.4 Å². The molecule has 1 saturated heterocycles. The van der Waals surface area contributed by atoms with E-state index in [2.05, 4.69) is 24.1 Å². The van der Waals surface area contributed by atoms with Gasteiger partial charge in [0.05, 0.1) is 0 Å². The van der Waals surface area contributed by atoms with Crippen LogP contribution in [0.15, 0.2) is 24.3 Å². The zero-order chi connectivity index (χ0) is 12.5. The number of benzene rings is 1. The summed E-state index contributed by atoms with van der Waals surface area (Å²) in [4.78, 5) is 18.6. The maximum atomic E-state index is 12.4. The quantitative estimate of drug-likeness (QED) is 0.690. The third-order valence-electron chi connectivity index (χ3n) is 3.89. The van der Waals surface area contributed by atoms with Gasteiger partial charge in [-0.3, -0.25) is 0 Å². The summed E-state index contributed by atoms with van der Waals surface area (Å²) in [5.41, 5.74) is 2.58. The molecule has 1 fully saturated rings. The SMILES string of the molecule is CN1CCN(C(=O)N2Cc3ccccc3C2)CC1. The molecule has 0 unspecified atom stereocenters. The van der Waals surface area contributed by atoms with E-state index in [4.69, 9.17) is 0 Å². The molecule has 18 heavy (non-hydrogen) atoms. The summed E-state index contributed by atoms with van der Waals surface area (Å²) >= 11 is 0. The van der Waals surface area contributed by atoms with Gasteiger partial charge in [-0.15, -0.1) is 0 Å². The van der Waals surface area contributed by atoms with Crippen molar-refractivity contribution in [3.8, 4) is 0 Å². The molecule has 0 saturated carbocycles. The largest absolute Gasteiger partial charge is 0.322 e. The lowest BCUT2D eigenvalue weighted by Gasteiger charge is -2.34. The van der Waals surface area contributed by atoms with E-state index in [-0.39, 0.29) is 6.03 Å². The van der Waals surface area contributed by atoms with Crippen LogP contribution in [0.2, 0.25) is 0 Å². The van der Waals surface area contributed by atoms with E-state index >= 15 is 0 Å². The molecule has 3 rings (SSSR count). The maximum absolute atomic E-state index is 12.4. The average molecular weight is 245 g/mol. The molecule has 96 valence electrons. The number of amides is 2. The minimum Gasteiger partial charge on any atom is -0.322 e. The number of carbonyl (C=O) groups excluding carboxylic acids is 1. The number of piperazine rings is 1. The molecule has 0 spiro atoms. The Hall–Kier alpha value is -1.55. The lowest BCUT2D eigenvalue weighted by Crippen LogP contribution is -2.50. The lowest BCUT2D eigenvalue weighted by atomic mass is 10.1. The van der Waals surface area contributed by atoms with Gasteiger partial charge in [-0.1, -0.05) is 24.3 Å². The highest BCUT2D eigenvalue weighted by Gasteiger charge is 2.28. The Morgan fingerprint density at radius 1 is 0.944 bits per heavy atom. The van der Waals surface area contributed by atoms with Gasteiger partial charge in [0.15, 0.2) is 0 Å². The van der Waals surface area contributed by atoms with Crippen LogP contribution in [0.25, 0.3) is 0 Å². The van der Waals surface area contributed by atoms with Crippen molar-refractivity contribution >= 4 is 6.03 Å². The van der Waals surface area contributed by atoms with Crippen LogP contribution in [0.4, 0.5) is 4.79 Å². The monoisotopic (exact) mass is 245 g/mol. The van der Waals surface area contributed by atoms with Gasteiger partial charge in [0.25, 0.3) is 0 Å². The highest BCUT2D eigenvalue weighted by molar-refractivity contribution is 5.75. The van der Waals surface area contributed by atoms with Gasteiger partial charge in [-0.05, 0) is 18.2 Å². The van der Waals surface area contributed by atoms with E-state index in [1.165, 1.54) is 11.1 Å². The number of nitrogens with zero attached hydrogens (tertiary/aromatic N) is 3. The predicted molar refractivity (Wildman–Crippen MR) is 70.2 cm³/mol. The van der Waals surface area contributed by atoms with E-state index in [1.807, 2.05) is 21.9 Å². The van der Waals surface area contributed by atoms with Gasteiger partial charge in [-0.2, -0.15) is 0 Å². The smallest absolute Gasteiger partial charge is 0.320 e. The van der Waals surface area contributed by atoms with Gasteiger partial charge in [0.2, 0.25) is 0 Å². The summed E-state index contributed by atoms with van der Waals surface area (Å²) in [6.07, 6.45) is 0. The van der Waals surface area contributed by atoms with Crippen molar-refractivity contribution in [3.63, 3.8) is 0 Å². The van der Waals surface area contributed by atoms with E-state index < -0.39 is 0 Å². The fourth-order valence-electron chi connectivity index (χ4n) is 2.67. The van der Waals surface area contributed by atoms with Crippen molar-refractivity contribution in [2.45, 2.75) is 13.1 Å². The number of likely N-dealkylation sites (N-methyl/N-ethyl adjacent to an activating group) is 1. The Morgan fingerprint density at radius 3 is 2.06 bits per heavy atom. The van der Waals surface area contributed by atoms with Crippen LogP contribution in [0, 0.1) is 0 Å². The molecule has 1 aromatic rings. The topological polar surface area (TPSA) is 26.8 Å². The molecular weight excluding hydrogens is 226 g/mol. The first-order valence-electron chi connectivity index (χ1n) is 6.53. The Balaban J connectivity index is 1.65. The second kappa shape index (κ2) is 4.61. The van der Waals surface area contributed by atoms with Gasteiger partial charge in [-0.25, -0.2) is 4.79 Å². The minimum atomic E-state index is 0.194. The number of urea groups is 1. The summed E-state index contributed by atoms with van der Waals surface area (Å²) in [7, 11) is 2.10. The summed E-state index contributed by atoms with van der Waals surface area (Å²) in [6.45, 7) is 5.19. The molecule has 1 aromatic carbocycles. The van der Waals surface area contributed by atoms with Gasteiger partial charge in [0.1, 0.15) is 0 Å². The highest BCUT2D eigenvalue weighted by Crippen LogP contribution is 2.23. The molecule has 2 amide bonds. The Morgan fingerprint density at radius 2 is 1.50 bits per heavy atom. The van der Waals surface area contributed by atoms with Crippen LogP contribution in [0.3, 0.4) is 0 Å². The average Bonchev–Trinajstić information content (AvgIpc) is 2.82. The molecule has 0 aromatic heterocycles. The maximum Gasteiger partial charge on any atom is 0.320 e. The van der Waals surface area contributed by atoms with Crippen LogP contribution >= 0.6 is 0 Å². The first-order valence-corrected chi connectivity index (χ1v) is 6.53. The predicted octanol–water partition coefficient (Wildman–Crippen LogP) is 1.37. The molecule has 0 aliphatic carbocycles. The Bertz CT molecular complexity index is 427. The molecule has 4 nitrogen and oxygen atoms in total. The zero-order valence-corrected chi connectivity index (χ0v) is 10.8. The standard InChI is InChI=1S/C14H19N3O/c1-15-6-8-16(9-7-15)14(18)17-10-12-4-2-3-5-13(12)11-17/h2-5H,6-11H2,1H3. The van der Waals surface area contributed by atoms with Crippen LogP contribution in [0.1, 0.15) is 11.1 Å². The minimum absolute atomic E-state index is 0.194. The van der Waals surface area contributed by atoms with E-state index in [0.29, 0.717) is 0 Å². The molecule has 2 heterocycles. The second-order valence-electron chi connectivity index (χ2n) is 5.20. The summed E-state index contributed by atoms with van der Waals surface area (Å²) in [5, 5.41) is 0. The summed E-state index contributed by atoms with van der Waals surface area (Å²) in [6, 6.07) is 8.52. The number of fused-ring (bicyclic) bond motifs is 1. The summed E-state index contributed by atoms with van der Waals surface area (Å²) < 4.78 is 0. The number of carbonyl (C=O) groups is 1. The lowest BCUT2D eigenvalue weighted by molar-refractivity contribution is 0.122. The number of hydrogen-bond acceptors (Lipinski definition) is 2. The van der Waals surface area contributed by atoms with Crippen molar-refractivity contribution in [2.24, 2.45) is 0 Å². The van der Waals surface area contributed by atoms with Crippen molar-refractivity contribution < 1.29 is 4.79 Å². The molecular formula is C14H19N3O. The molecule has 4 heteroatoms. The van der Waals surface area contributed by atoms with Crippen molar-refractivity contribution in [1.82, 2.24) is 14.7 Å². The van der Waals surface area contributed by atoms with Crippen LogP contribution in [0.5, 0.6) is 0 Å². The highest BCUT2D eigenvalue weighted by atomic mass is 16.2. The van der Waals surface area contributed by atoms with Crippen molar-refractivity contribution in [1.29, 1.82) is 0 Å². The van der Waals surface area contributed by atoms with Crippen LogP contribution in [-0.4, -0.2) is 54.0 Å². The van der Waals surface area contributed by atoms with E-state index in [1.54, 1.807) is 0 Å². The van der Waals surface area contributed by atoms with Crippen LogP contribution in [-0.2, 0) is 13.1 Å². The first-order chi connectivity index (χ1) is 8.74. The number of rotatable bonds is 0. The van der Waals surface area contributed by atoms with E-state index in [9.17, 15) is 4.79 Å². The van der Waals surface area contributed by atoms with Gasteiger partial charge >= 0.3 is 6.03 Å². The first kappa shape index (κ1) is 11.5. The van der Waals surface area contributed by atoms with E-state index in [0.717, 1.165) is 39.3 Å². The fraction of sp³-hybridized carbons (Fsp3) is 0.500. The molecule has 0 radical (unpaired) electrons. The zero-order valence-electron chi connectivity index (χ0n) is 10.8. The van der Waals surface area contributed by atoms with Gasteiger partial charge < -0.3 is 14.7 Å². The molecule has 0 atom stereocenters. The molecule has 2 aliphatic rings. The normalized spacial score (nSPS) is 20.1. The van der Waals surface area contributed by atoms with Crippen molar-refractivity contribution in [2.75, 3.05) is 33.2 Å². The Kier molecular flexibility index (Phi) is 2.96.